The summed E-state index contributed by atoms with van der Waals surface area (Å²) in [5.74, 6) is 1.58. The molecule has 112 valence electrons. The van der Waals surface area contributed by atoms with E-state index in [0.717, 1.165) is 50.7 Å². The molecular weight excluding hydrogens is 254 g/mol. The van der Waals surface area contributed by atoms with Crippen molar-refractivity contribution < 1.29 is 4.52 Å². The highest BCUT2D eigenvalue weighted by molar-refractivity contribution is 5.05. The lowest BCUT2D eigenvalue weighted by Gasteiger charge is -2.37. The summed E-state index contributed by atoms with van der Waals surface area (Å²) in [7, 11) is 4.35. The molecule has 2 aliphatic heterocycles. The minimum atomic E-state index is -0.124. The third kappa shape index (κ3) is 2.73. The summed E-state index contributed by atoms with van der Waals surface area (Å²) >= 11 is 0. The summed E-state index contributed by atoms with van der Waals surface area (Å²) in [6.07, 6.45) is 3.10. The molecule has 0 spiro atoms. The maximum Gasteiger partial charge on any atom is 0.246 e. The Balaban J connectivity index is 1.67. The highest BCUT2D eigenvalue weighted by atomic mass is 16.5. The van der Waals surface area contributed by atoms with Crippen LogP contribution in [-0.2, 0) is 12.0 Å². The summed E-state index contributed by atoms with van der Waals surface area (Å²) in [5, 5.41) is 7.66. The van der Waals surface area contributed by atoms with Gasteiger partial charge in [0.1, 0.15) is 0 Å². The molecular formula is C14H25N5O. The zero-order chi connectivity index (χ0) is 14.2. The van der Waals surface area contributed by atoms with E-state index >= 15 is 0 Å². The van der Waals surface area contributed by atoms with Gasteiger partial charge in [-0.3, -0.25) is 0 Å². The van der Waals surface area contributed by atoms with Crippen LogP contribution in [0.3, 0.4) is 0 Å². The molecule has 0 aromatic carbocycles. The van der Waals surface area contributed by atoms with Crippen molar-refractivity contribution in [3.8, 4) is 0 Å². The van der Waals surface area contributed by atoms with Crippen LogP contribution in [0.2, 0.25) is 0 Å². The fraction of sp³-hybridized carbons (Fsp3) is 0.857. The molecule has 2 aliphatic rings. The Morgan fingerprint density at radius 1 is 1.40 bits per heavy atom. The second-order valence-electron chi connectivity index (χ2n) is 6.48. The van der Waals surface area contributed by atoms with Crippen LogP contribution in [0, 0.1) is 0 Å². The molecule has 0 bridgehead atoms. The third-order valence-corrected chi connectivity index (χ3v) is 4.71. The maximum atomic E-state index is 5.50. The van der Waals surface area contributed by atoms with Gasteiger partial charge in [-0.25, -0.2) is 0 Å². The van der Waals surface area contributed by atoms with Gasteiger partial charge in [0.25, 0.3) is 0 Å². The van der Waals surface area contributed by atoms with E-state index in [1.807, 2.05) is 0 Å². The molecule has 1 aromatic heterocycles. The van der Waals surface area contributed by atoms with Gasteiger partial charge >= 0.3 is 0 Å². The van der Waals surface area contributed by atoms with Crippen LogP contribution >= 0.6 is 0 Å². The molecule has 2 saturated heterocycles. The zero-order valence-electron chi connectivity index (χ0n) is 12.7. The number of nitrogens with one attached hydrogen (secondary N) is 1. The van der Waals surface area contributed by atoms with Crippen molar-refractivity contribution >= 4 is 0 Å². The number of aromatic nitrogens is 2. The van der Waals surface area contributed by atoms with E-state index in [0.29, 0.717) is 6.04 Å². The second-order valence-corrected chi connectivity index (χ2v) is 6.48. The highest BCUT2D eigenvalue weighted by Crippen LogP contribution is 2.29. The van der Waals surface area contributed by atoms with E-state index in [-0.39, 0.29) is 5.54 Å². The van der Waals surface area contributed by atoms with Crippen LogP contribution in [0.15, 0.2) is 4.52 Å². The SMILES string of the molecule is CN1CCN(C)C(Cc2noc(C3(C)CCCN3)n2)C1. The second kappa shape index (κ2) is 5.42. The predicted octanol–water partition coefficient (Wildman–Crippen LogP) is 0.457. The first-order valence-electron chi connectivity index (χ1n) is 7.54. The summed E-state index contributed by atoms with van der Waals surface area (Å²) in [6, 6.07) is 0.476. The Hall–Kier alpha value is -0.980. The molecule has 3 heterocycles. The first kappa shape index (κ1) is 14.0. The van der Waals surface area contributed by atoms with Crippen LogP contribution in [0.25, 0.3) is 0 Å². The molecule has 0 aliphatic carbocycles. The van der Waals surface area contributed by atoms with Gasteiger partial charge in [-0.1, -0.05) is 5.16 Å². The van der Waals surface area contributed by atoms with Crippen LogP contribution in [0.1, 0.15) is 31.5 Å². The molecule has 0 amide bonds. The lowest BCUT2D eigenvalue weighted by Crippen LogP contribution is -2.50. The van der Waals surface area contributed by atoms with Crippen molar-refractivity contribution in [2.24, 2.45) is 0 Å². The van der Waals surface area contributed by atoms with Crippen molar-refractivity contribution in [1.29, 1.82) is 0 Å². The average Bonchev–Trinajstić information content (AvgIpc) is 3.04. The van der Waals surface area contributed by atoms with E-state index in [2.05, 4.69) is 46.3 Å². The fourth-order valence-electron chi connectivity index (χ4n) is 3.17. The molecule has 0 radical (unpaired) electrons. The van der Waals surface area contributed by atoms with E-state index < -0.39 is 0 Å². The molecule has 6 heteroatoms. The maximum absolute atomic E-state index is 5.50. The Bertz CT molecular complexity index is 454. The normalized spacial score (nSPS) is 32.9. The number of nitrogens with zero attached hydrogens (tertiary/aromatic N) is 4. The van der Waals surface area contributed by atoms with E-state index in [9.17, 15) is 0 Å². The largest absolute Gasteiger partial charge is 0.337 e. The molecule has 3 rings (SSSR count). The van der Waals surface area contributed by atoms with Crippen molar-refractivity contribution in [2.45, 2.75) is 37.8 Å². The summed E-state index contributed by atoms with van der Waals surface area (Å²) in [5.41, 5.74) is -0.124. The van der Waals surface area contributed by atoms with E-state index in [1.54, 1.807) is 0 Å². The first-order chi connectivity index (χ1) is 9.57. The van der Waals surface area contributed by atoms with Gasteiger partial charge < -0.3 is 19.6 Å². The predicted molar refractivity (Wildman–Crippen MR) is 76.5 cm³/mol. The van der Waals surface area contributed by atoms with Gasteiger partial charge in [-0.15, -0.1) is 0 Å². The Morgan fingerprint density at radius 3 is 3.00 bits per heavy atom. The van der Waals surface area contributed by atoms with Crippen molar-refractivity contribution in [2.75, 3.05) is 40.3 Å². The number of rotatable bonds is 3. The van der Waals surface area contributed by atoms with E-state index in [1.165, 1.54) is 6.42 Å². The fourth-order valence-corrected chi connectivity index (χ4v) is 3.17. The monoisotopic (exact) mass is 279 g/mol. The van der Waals surface area contributed by atoms with Crippen molar-refractivity contribution in [3.05, 3.63) is 11.7 Å². The minimum absolute atomic E-state index is 0.124. The van der Waals surface area contributed by atoms with Gasteiger partial charge in [-0.05, 0) is 40.4 Å². The molecule has 2 unspecified atom stereocenters. The van der Waals surface area contributed by atoms with E-state index in [4.69, 9.17) is 4.52 Å². The van der Waals surface area contributed by atoms with Crippen LogP contribution < -0.4 is 5.32 Å². The van der Waals surface area contributed by atoms with Crippen molar-refractivity contribution in [3.63, 3.8) is 0 Å². The summed E-state index contributed by atoms with van der Waals surface area (Å²) in [6.45, 7) is 6.48. The molecule has 2 atom stereocenters. The summed E-state index contributed by atoms with van der Waals surface area (Å²) < 4.78 is 5.50. The molecule has 20 heavy (non-hydrogen) atoms. The first-order valence-corrected chi connectivity index (χ1v) is 7.54. The lowest BCUT2D eigenvalue weighted by molar-refractivity contribution is 0.113. The number of piperazine rings is 1. The van der Waals surface area contributed by atoms with Crippen LogP contribution in [0.4, 0.5) is 0 Å². The number of hydrogen-bond acceptors (Lipinski definition) is 6. The number of likely N-dealkylation sites (N-methyl/N-ethyl adjacent to an activating group) is 2. The molecule has 1 N–H and O–H groups in total. The lowest BCUT2D eigenvalue weighted by atomic mass is 10.0. The minimum Gasteiger partial charge on any atom is -0.337 e. The zero-order valence-corrected chi connectivity index (χ0v) is 12.7. The Labute approximate surface area is 120 Å². The van der Waals surface area contributed by atoms with Gasteiger partial charge in [0, 0.05) is 32.1 Å². The smallest absolute Gasteiger partial charge is 0.246 e. The highest BCUT2D eigenvalue weighted by Gasteiger charge is 2.36. The van der Waals surface area contributed by atoms with Gasteiger partial charge in [0.2, 0.25) is 5.89 Å². The Kier molecular flexibility index (Phi) is 3.79. The average molecular weight is 279 g/mol. The molecule has 1 aromatic rings. The Morgan fingerprint density at radius 2 is 2.25 bits per heavy atom. The molecule has 6 nitrogen and oxygen atoms in total. The van der Waals surface area contributed by atoms with Gasteiger partial charge in [0.15, 0.2) is 5.82 Å². The van der Waals surface area contributed by atoms with Crippen molar-refractivity contribution in [1.82, 2.24) is 25.3 Å². The number of hydrogen-bond donors (Lipinski definition) is 1. The third-order valence-electron chi connectivity index (χ3n) is 4.71. The summed E-state index contributed by atoms with van der Waals surface area (Å²) in [4.78, 5) is 9.39. The molecule has 2 fully saturated rings. The quantitative estimate of drug-likeness (QED) is 0.867. The van der Waals surface area contributed by atoms with Gasteiger partial charge in [0.05, 0.1) is 5.54 Å². The van der Waals surface area contributed by atoms with Gasteiger partial charge in [-0.2, -0.15) is 4.98 Å². The molecule has 0 saturated carbocycles. The standard InChI is InChI=1S/C14H25N5O/c1-14(5-4-6-15-14)13-16-12(17-20-13)9-11-10-18(2)7-8-19(11)3/h11,15H,4-10H2,1-3H3. The van der Waals surface area contributed by atoms with Crippen LogP contribution in [0.5, 0.6) is 0 Å². The topological polar surface area (TPSA) is 57.4 Å². The van der Waals surface area contributed by atoms with Crippen LogP contribution in [-0.4, -0.2) is 66.3 Å².